The summed E-state index contributed by atoms with van der Waals surface area (Å²) in [5.41, 5.74) is 0.729. The van der Waals surface area contributed by atoms with Crippen molar-refractivity contribution in [1.29, 1.82) is 0 Å². The van der Waals surface area contributed by atoms with Crippen molar-refractivity contribution in [1.82, 2.24) is 10.2 Å². The number of unbranched alkanes of at least 4 members (excludes halogenated alkanes) is 2. The molecule has 2 nitrogen and oxygen atoms in total. The third kappa shape index (κ3) is 3.21. The SMILES string of the molecule is CCCCCN1CCC2(CCNCC2)CC1. The fraction of sp³-hybridized carbons (Fsp3) is 1.00. The summed E-state index contributed by atoms with van der Waals surface area (Å²) in [4.78, 5) is 2.70. The van der Waals surface area contributed by atoms with Crippen molar-refractivity contribution in [3.63, 3.8) is 0 Å². The highest BCUT2D eigenvalue weighted by molar-refractivity contribution is 4.89. The van der Waals surface area contributed by atoms with E-state index >= 15 is 0 Å². The first-order chi connectivity index (χ1) is 7.85. The van der Waals surface area contributed by atoms with Crippen molar-refractivity contribution in [3.8, 4) is 0 Å². The first-order valence-electron chi connectivity index (χ1n) is 7.28. The molecule has 0 bridgehead atoms. The quantitative estimate of drug-likeness (QED) is 0.739. The van der Waals surface area contributed by atoms with Crippen molar-refractivity contribution in [3.05, 3.63) is 0 Å². The summed E-state index contributed by atoms with van der Waals surface area (Å²) >= 11 is 0. The molecular formula is C14H28N2. The standard InChI is InChI=1S/C14H28N2/c1-2-3-4-11-16-12-7-14(8-13-16)5-9-15-10-6-14/h15H,2-13H2,1H3. The Morgan fingerprint density at radius 3 is 2.31 bits per heavy atom. The average Bonchev–Trinajstić information content (AvgIpc) is 2.33. The Balaban J connectivity index is 1.69. The first-order valence-corrected chi connectivity index (χ1v) is 7.28. The molecule has 94 valence electrons. The molecule has 0 unspecified atom stereocenters. The monoisotopic (exact) mass is 224 g/mol. The second-order valence-electron chi connectivity index (χ2n) is 5.80. The number of hydrogen-bond acceptors (Lipinski definition) is 2. The number of piperidine rings is 2. The van der Waals surface area contributed by atoms with Crippen molar-refractivity contribution in [2.24, 2.45) is 5.41 Å². The highest BCUT2D eigenvalue weighted by Gasteiger charge is 2.35. The van der Waals surface area contributed by atoms with Crippen molar-refractivity contribution < 1.29 is 0 Å². The third-order valence-electron chi connectivity index (χ3n) is 4.66. The number of nitrogens with one attached hydrogen (secondary N) is 1. The summed E-state index contributed by atoms with van der Waals surface area (Å²) in [6.45, 7) is 8.89. The summed E-state index contributed by atoms with van der Waals surface area (Å²) in [6, 6.07) is 0. The molecule has 2 rings (SSSR count). The molecule has 0 atom stereocenters. The maximum absolute atomic E-state index is 3.50. The third-order valence-corrected chi connectivity index (χ3v) is 4.66. The molecule has 0 aromatic heterocycles. The van der Waals surface area contributed by atoms with Gasteiger partial charge in [0, 0.05) is 0 Å². The van der Waals surface area contributed by atoms with E-state index in [4.69, 9.17) is 0 Å². The van der Waals surface area contributed by atoms with Crippen molar-refractivity contribution in [2.45, 2.75) is 51.9 Å². The molecule has 0 aromatic rings. The molecule has 2 heteroatoms. The molecule has 0 aliphatic carbocycles. The lowest BCUT2D eigenvalue weighted by Crippen LogP contribution is -2.45. The molecule has 16 heavy (non-hydrogen) atoms. The lowest BCUT2D eigenvalue weighted by molar-refractivity contribution is 0.0731. The van der Waals surface area contributed by atoms with Crippen LogP contribution in [0.1, 0.15) is 51.9 Å². The van der Waals surface area contributed by atoms with Crippen LogP contribution in [0, 0.1) is 5.41 Å². The second kappa shape index (κ2) is 6.02. The zero-order chi connectivity index (χ0) is 11.3. The maximum atomic E-state index is 3.50. The van der Waals surface area contributed by atoms with E-state index in [9.17, 15) is 0 Å². The van der Waals surface area contributed by atoms with E-state index in [1.807, 2.05) is 0 Å². The molecule has 1 spiro atoms. The van der Waals surface area contributed by atoms with Gasteiger partial charge in [0.15, 0.2) is 0 Å². The molecule has 0 radical (unpaired) electrons. The van der Waals surface area contributed by atoms with Gasteiger partial charge in [0.25, 0.3) is 0 Å². The van der Waals surface area contributed by atoms with Crippen LogP contribution in [0.25, 0.3) is 0 Å². The Labute approximate surface area is 101 Å². The van der Waals surface area contributed by atoms with E-state index < -0.39 is 0 Å². The molecule has 1 N–H and O–H groups in total. The van der Waals surface area contributed by atoms with Crippen molar-refractivity contribution >= 4 is 0 Å². The van der Waals surface area contributed by atoms with Gasteiger partial charge >= 0.3 is 0 Å². The highest BCUT2D eigenvalue weighted by atomic mass is 15.1. The molecule has 2 saturated heterocycles. The largest absolute Gasteiger partial charge is 0.317 e. The molecule has 0 amide bonds. The van der Waals surface area contributed by atoms with Crippen LogP contribution in [0.15, 0.2) is 0 Å². The first kappa shape index (κ1) is 12.4. The minimum Gasteiger partial charge on any atom is -0.317 e. The van der Waals surface area contributed by atoms with Gasteiger partial charge in [-0.15, -0.1) is 0 Å². The summed E-state index contributed by atoms with van der Waals surface area (Å²) in [6.07, 6.45) is 9.94. The lowest BCUT2D eigenvalue weighted by atomic mass is 9.71. The van der Waals surface area contributed by atoms with Crippen LogP contribution >= 0.6 is 0 Å². The average molecular weight is 224 g/mol. The van der Waals surface area contributed by atoms with E-state index in [0.29, 0.717) is 0 Å². The van der Waals surface area contributed by atoms with Crippen LogP contribution < -0.4 is 5.32 Å². The zero-order valence-electron chi connectivity index (χ0n) is 10.9. The molecule has 2 fully saturated rings. The minimum absolute atomic E-state index is 0.729. The summed E-state index contributed by atoms with van der Waals surface area (Å²) < 4.78 is 0. The fourth-order valence-corrected chi connectivity index (χ4v) is 3.29. The van der Waals surface area contributed by atoms with Crippen LogP contribution in [0.4, 0.5) is 0 Å². The van der Waals surface area contributed by atoms with Crippen LogP contribution in [0.3, 0.4) is 0 Å². The molecule has 2 aliphatic rings. The van der Waals surface area contributed by atoms with Gasteiger partial charge in [-0.2, -0.15) is 0 Å². The van der Waals surface area contributed by atoms with Gasteiger partial charge in [-0.3, -0.25) is 0 Å². The number of hydrogen-bond donors (Lipinski definition) is 1. The topological polar surface area (TPSA) is 15.3 Å². The normalized spacial score (nSPS) is 26.1. The fourth-order valence-electron chi connectivity index (χ4n) is 3.29. The van der Waals surface area contributed by atoms with Gasteiger partial charge in [0.05, 0.1) is 0 Å². The number of nitrogens with zero attached hydrogens (tertiary/aromatic N) is 1. The Kier molecular flexibility index (Phi) is 4.66. The van der Waals surface area contributed by atoms with Gasteiger partial charge in [-0.05, 0) is 70.2 Å². The van der Waals surface area contributed by atoms with Crippen LogP contribution in [0.5, 0.6) is 0 Å². The molecule has 0 saturated carbocycles. The number of rotatable bonds is 4. The Morgan fingerprint density at radius 2 is 1.69 bits per heavy atom. The Bertz CT molecular complexity index is 187. The van der Waals surface area contributed by atoms with Gasteiger partial charge in [0.2, 0.25) is 0 Å². The van der Waals surface area contributed by atoms with E-state index in [2.05, 4.69) is 17.1 Å². The van der Waals surface area contributed by atoms with Crippen LogP contribution in [0.2, 0.25) is 0 Å². The van der Waals surface area contributed by atoms with Crippen molar-refractivity contribution in [2.75, 3.05) is 32.7 Å². The van der Waals surface area contributed by atoms with Gasteiger partial charge in [-0.25, -0.2) is 0 Å². The van der Waals surface area contributed by atoms with Gasteiger partial charge in [-0.1, -0.05) is 19.8 Å². The Morgan fingerprint density at radius 1 is 1.00 bits per heavy atom. The maximum Gasteiger partial charge on any atom is -0.00134 e. The number of likely N-dealkylation sites (tertiary alicyclic amines) is 1. The van der Waals surface area contributed by atoms with E-state index in [0.717, 1.165) is 5.41 Å². The Hall–Kier alpha value is -0.0800. The van der Waals surface area contributed by atoms with Gasteiger partial charge < -0.3 is 10.2 Å². The van der Waals surface area contributed by atoms with Crippen LogP contribution in [-0.2, 0) is 0 Å². The predicted octanol–water partition coefficient (Wildman–Crippen LogP) is 2.64. The molecular weight excluding hydrogens is 196 g/mol. The summed E-state index contributed by atoms with van der Waals surface area (Å²) in [7, 11) is 0. The minimum atomic E-state index is 0.729. The molecule has 0 aromatic carbocycles. The van der Waals surface area contributed by atoms with Gasteiger partial charge in [0.1, 0.15) is 0 Å². The molecule has 2 heterocycles. The van der Waals surface area contributed by atoms with E-state index in [1.165, 1.54) is 77.7 Å². The molecule has 2 aliphatic heterocycles. The second-order valence-corrected chi connectivity index (χ2v) is 5.80. The smallest absolute Gasteiger partial charge is 0.00134 e. The summed E-state index contributed by atoms with van der Waals surface area (Å²) in [5, 5.41) is 3.50. The summed E-state index contributed by atoms with van der Waals surface area (Å²) in [5.74, 6) is 0. The van der Waals surface area contributed by atoms with Crippen LogP contribution in [-0.4, -0.2) is 37.6 Å². The lowest BCUT2D eigenvalue weighted by Gasteiger charge is -2.44. The highest BCUT2D eigenvalue weighted by Crippen LogP contribution is 2.39. The predicted molar refractivity (Wildman–Crippen MR) is 69.7 cm³/mol. The van der Waals surface area contributed by atoms with E-state index in [1.54, 1.807) is 0 Å². The zero-order valence-corrected chi connectivity index (χ0v) is 10.9. The van der Waals surface area contributed by atoms with E-state index in [-0.39, 0.29) is 0 Å².